The Hall–Kier alpha value is -0.821. The summed E-state index contributed by atoms with van der Waals surface area (Å²) < 4.78 is 7.51. The first-order valence-corrected chi connectivity index (χ1v) is 10.1. The van der Waals surface area contributed by atoms with Gasteiger partial charge in [0.25, 0.3) is 0 Å². The van der Waals surface area contributed by atoms with Gasteiger partial charge >= 0.3 is 134 Å². The Bertz CT molecular complexity index is 518. The first kappa shape index (κ1) is 15.1. The molecule has 0 fully saturated rings. The van der Waals surface area contributed by atoms with Crippen LogP contribution in [0.15, 0.2) is 52.5 Å². The summed E-state index contributed by atoms with van der Waals surface area (Å²) in [5, 5.41) is 1.37. The molecular formula is C19H24OSe. The number of unbranched alkanes of at least 4 members (excludes halogenated alkanes) is 1. The number of benzene rings is 1. The summed E-state index contributed by atoms with van der Waals surface area (Å²) in [6.45, 7) is 4.07. The van der Waals surface area contributed by atoms with E-state index in [9.17, 15) is 0 Å². The Morgan fingerprint density at radius 1 is 1.24 bits per heavy atom. The van der Waals surface area contributed by atoms with Crippen LogP contribution in [0.25, 0.3) is 0 Å². The molecule has 0 saturated carbocycles. The van der Waals surface area contributed by atoms with Crippen molar-refractivity contribution in [1.29, 1.82) is 0 Å². The summed E-state index contributed by atoms with van der Waals surface area (Å²) in [5.74, 6) is 1.18. The summed E-state index contributed by atoms with van der Waals surface area (Å²) in [6.07, 6.45) is 8.71. The van der Waals surface area contributed by atoms with E-state index in [0.29, 0.717) is 26.8 Å². The molecule has 3 rings (SSSR count). The maximum atomic E-state index is 5.89. The summed E-state index contributed by atoms with van der Waals surface area (Å²) in [4.78, 5) is 0. The Kier molecular flexibility index (Phi) is 5.35. The number of hydrogen-bond donors (Lipinski definition) is 0. The van der Waals surface area contributed by atoms with Crippen LogP contribution >= 0.6 is 0 Å². The fourth-order valence-electron chi connectivity index (χ4n) is 3.14. The minimum absolute atomic E-state index is 0.561. The summed E-state index contributed by atoms with van der Waals surface area (Å²) in [7, 11) is 0. The van der Waals surface area contributed by atoms with E-state index in [-0.39, 0.29) is 0 Å². The van der Waals surface area contributed by atoms with Gasteiger partial charge in [-0.1, -0.05) is 0 Å². The number of hydrogen-bond acceptors (Lipinski definition) is 1. The Morgan fingerprint density at radius 3 is 2.90 bits per heavy atom. The molecule has 112 valence electrons. The van der Waals surface area contributed by atoms with Crippen molar-refractivity contribution < 1.29 is 4.74 Å². The molecule has 1 aromatic carbocycles. The van der Waals surface area contributed by atoms with Crippen molar-refractivity contribution in [2.45, 2.75) is 37.4 Å². The van der Waals surface area contributed by atoms with Gasteiger partial charge in [0.15, 0.2) is 0 Å². The molecule has 0 radical (unpaired) electrons. The van der Waals surface area contributed by atoms with Crippen LogP contribution in [0.3, 0.4) is 0 Å². The van der Waals surface area contributed by atoms with Crippen LogP contribution in [-0.4, -0.2) is 28.2 Å². The molecule has 0 spiro atoms. The minimum atomic E-state index is 0.561. The summed E-state index contributed by atoms with van der Waals surface area (Å²) in [6, 6.07) is 10.9. The molecule has 1 nitrogen and oxygen atoms in total. The Balaban J connectivity index is 1.76. The van der Waals surface area contributed by atoms with E-state index < -0.39 is 0 Å². The maximum absolute atomic E-state index is 5.89. The fraction of sp³-hybridized carbons (Fsp3) is 0.474. The van der Waals surface area contributed by atoms with Crippen molar-refractivity contribution in [2.24, 2.45) is 5.92 Å². The molecule has 2 atom stereocenters. The van der Waals surface area contributed by atoms with Crippen LogP contribution in [-0.2, 0) is 4.74 Å². The van der Waals surface area contributed by atoms with Crippen molar-refractivity contribution in [3.63, 3.8) is 0 Å². The second-order valence-electron chi connectivity index (χ2n) is 5.90. The van der Waals surface area contributed by atoms with Gasteiger partial charge in [-0.05, 0) is 0 Å². The third-order valence-electron chi connectivity index (χ3n) is 4.36. The SMILES string of the molecule is CCCC[Se]C1=C2C=C[C@@H](c3ccccc3)C[C@@H]2COC1. The number of allylic oxidation sites excluding steroid dienone is 2. The molecular weight excluding hydrogens is 323 g/mol. The van der Waals surface area contributed by atoms with E-state index in [0.717, 1.165) is 13.2 Å². The van der Waals surface area contributed by atoms with Crippen LogP contribution in [0.4, 0.5) is 0 Å². The molecule has 1 aromatic rings. The van der Waals surface area contributed by atoms with E-state index in [1.807, 2.05) is 0 Å². The van der Waals surface area contributed by atoms with Gasteiger partial charge in [-0.25, -0.2) is 0 Å². The molecule has 0 aromatic heterocycles. The van der Waals surface area contributed by atoms with Gasteiger partial charge in [-0.15, -0.1) is 0 Å². The Labute approximate surface area is 134 Å². The van der Waals surface area contributed by atoms with Crippen molar-refractivity contribution in [2.75, 3.05) is 13.2 Å². The zero-order valence-electron chi connectivity index (χ0n) is 12.8. The molecule has 0 amide bonds. The van der Waals surface area contributed by atoms with Gasteiger partial charge in [0.1, 0.15) is 0 Å². The second kappa shape index (κ2) is 7.44. The average molecular weight is 347 g/mol. The van der Waals surface area contributed by atoms with Gasteiger partial charge < -0.3 is 0 Å². The van der Waals surface area contributed by atoms with Gasteiger partial charge in [0, 0.05) is 0 Å². The second-order valence-corrected chi connectivity index (χ2v) is 8.40. The zero-order valence-corrected chi connectivity index (χ0v) is 14.5. The van der Waals surface area contributed by atoms with Crippen LogP contribution < -0.4 is 0 Å². The van der Waals surface area contributed by atoms with Crippen LogP contribution in [0.1, 0.15) is 37.7 Å². The quantitative estimate of drug-likeness (QED) is 0.561. The van der Waals surface area contributed by atoms with Gasteiger partial charge in [-0.3, -0.25) is 0 Å². The van der Waals surface area contributed by atoms with E-state index in [2.05, 4.69) is 49.4 Å². The molecule has 0 N–H and O–H groups in total. The Morgan fingerprint density at radius 2 is 2.10 bits per heavy atom. The molecule has 0 saturated heterocycles. The van der Waals surface area contributed by atoms with Crippen molar-refractivity contribution in [3.05, 3.63) is 58.1 Å². The van der Waals surface area contributed by atoms with Crippen molar-refractivity contribution in [3.8, 4) is 0 Å². The summed E-state index contributed by atoms with van der Waals surface area (Å²) >= 11 is 0.633. The molecule has 1 aliphatic carbocycles. The standard InChI is InChI=1S/C19H24OSe/c1-2-3-11-21-19-14-20-13-17-12-16(9-10-18(17)19)15-7-5-4-6-8-15/h4-10,16-17H,2-3,11-14H2,1H3/t16-,17-/m1/s1. The number of ether oxygens (including phenoxy) is 1. The molecule has 0 bridgehead atoms. The van der Waals surface area contributed by atoms with E-state index in [4.69, 9.17) is 4.74 Å². The van der Waals surface area contributed by atoms with Crippen LogP contribution in [0, 0.1) is 5.92 Å². The predicted octanol–water partition coefficient (Wildman–Crippen LogP) is 4.55. The zero-order chi connectivity index (χ0) is 14.5. The molecule has 0 unspecified atom stereocenters. The normalized spacial score (nSPS) is 25.0. The van der Waals surface area contributed by atoms with E-state index in [1.165, 1.54) is 30.1 Å². The number of fused-ring (bicyclic) bond motifs is 1. The monoisotopic (exact) mass is 348 g/mol. The van der Waals surface area contributed by atoms with E-state index in [1.54, 1.807) is 10.0 Å². The average Bonchev–Trinajstić information content (AvgIpc) is 2.55. The molecule has 1 aliphatic heterocycles. The topological polar surface area (TPSA) is 9.23 Å². The molecule has 2 aliphatic rings. The summed E-state index contributed by atoms with van der Waals surface area (Å²) in [5.41, 5.74) is 3.06. The van der Waals surface area contributed by atoms with Gasteiger partial charge in [0.05, 0.1) is 0 Å². The van der Waals surface area contributed by atoms with Crippen molar-refractivity contribution in [1.82, 2.24) is 0 Å². The molecule has 2 heteroatoms. The molecule has 1 heterocycles. The first-order valence-electron chi connectivity index (χ1n) is 8.05. The van der Waals surface area contributed by atoms with Gasteiger partial charge in [-0.2, -0.15) is 0 Å². The number of rotatable bonds is 5. The fourth-order valence-corrected chi connectivity index (χ4v) is 5.75. The third kappa shape index (κ3) is 3.69. The van der Waals surface area contributed by atoms with Crippen molar-refractivity contribution >= 4 is 15.0 Å². The third-order valence-corrected chi connectivity index (χ3v) is 6.87. The van der Waals surface area contributed by atoms with Crippen LogP contribution in [0.2, 0.25) is 5.32 Å². The first-order chi connectivity index (χ1) is 10.4. The van der Waals surface area contributed by atoms with Crippen LogP contribution in [0.5, 0.6) is 0 Å². The van der Waals surface area contributed by atoms with E-state index >= 15 is 0 Å². The predicted molar refractivity (Wildman–Crippen MR) is 89.7 cm³/mol. The molecule has 21 heavy (non-hydrogen) atoms. The van der Waals surface area contributed by atoms with Gasteiger partial charge in [0.2, 0.25) is 0 Å².